The summed E-state index contributed by atoms with van der Waals surface area (Å²) in [7, 11) is 0. The zero-order valence-corrected chi connectivity index (χ0v) is 17.1. The summed E-state index contributed by atoms with van der Waals surface area (Å²) in [6, 6.07) is 15.9. The van der Waals surface area contributed by atoms with Crippen LogP contribution in [0.4, 0.5) is 0 Å². The number of aromatic nitrogens is 2. The quantitative estimate of drug-likeness (QED) is 0.642. The maximum Gasteiger partial charge on any atom is 0.325 e. The van der Waals surface area contributed by atoms with E-state index < -0.39 is 5.69 Å². The molecule has 0 amide bonds. The van der Waals surface area contributed by atoms with Gasteiger partial charge in [0.05, 0.1) is 5.02 Å². The summed E-state index contributed by atoms with van der Waals surface area (Å²) in [5, 5.41) is 0.798. The Kier molecular flexibility index (Phi) is 5.54. The van der Waals surface area contributed by atoms with Crippen LogP contribution in [0.2, 0.25) is 5.02 Å². The van der Waals surface area contributed by atoms with E-state index in [4.69, 9.17) is 11.6 Å². The molecule has 1 aliphatic rings. The summed E-state index contributed by atoms with van der Waals surface area (Å²) in [6.45, 7) is 2.01. The van der Waals surface area contributed by atoms with Crippen LogP contribution in [0.1, 0.15) is 53.1 Å². The highest BCUT2D eigenvalue weighted by Crippen LogP contribution is 2.38. The molecule has 0 saturated heterocycles. The normalized spacial score (nSPS) is 16.5. The number of halogens is 1. The first-order chi connectivity index (χ1) is 14.0. The second kappa shape index (κ2) is 8.26. The summed E-state index contributed by atoms with van der Waals surface area (Å²) in [6.07, 6.45) is 5.17. The van der Waals surface area contributed by atoms with E-state index >= 15 is 0 Å². The molecule has 0 radical (unpaired) electrons. The van der Waals surface area contributed by atoms with Crippen molar-refractivity contribution in [3.63, 3.8) is 0 Å². The Morgan fingerprint density at radius 3 is 2.55 bits per heavy atom. The number of aryl methyl sites for hydroxylation is 1. The minimum Gasteiger partial charge on any atom is -0.311 e. The van der Waals surface area contributed by atoms with Crippen molar-refractivity contribution >= 4 is 17.2 Å². The summed E-state index contributed by atoms with van der Waals surface area (Å²) in [5.74, 6) is 0.107. The molecule has 1 aliphatic carbocycles. The zero-order valence-electron chi connectivity index (χ0n) is 16.3. The monoisotopic (exact) mass is 406 g/mol. The van der Waals surface area contributed by atoms with Crippen molar-refractivity contribution in [1.29, 1.82) is 0 Å². The van der Waals surface area contributed by atoms with Gasteiger partial charge in [0.25, 0.3) is 5.56 Å². The van der Waals surface area contributed by atoms with Crippen LogP contribution in [0.5, 0.6) is 0 Å². The molecular weight excluding hydrogens is 384 g/mol. The predicted molar refractivity (Wildman–Crippen MR) is 118 cm³/mol. The van der Waals surface area contributed by atoms with E-state index in [-0.39, 0.29) is 11.5 Å². The molecule has 1 atom stereocenters. The average Bonchev–Trinajstić information content (AvgIpc) is 2.73. The number of hydrogen-bond acceptors (Lipinski definition) is 2. The Labute approximate surface area is 174 Å². The van der Waals surface area contributed by atoms with Crippen LogP contribution in [0, 0.1) is 6.92 Å². The van der Waals surface area contributed by atoms with Crippen LogP contribution < -0.4 is 11.2 Å². The van der Waals surface area contributed by atoms with E-state index in [1.165, 1.54) is 5.57 Å². The molecule has 4 nitrogen and oxygen atoms in total. The molecule has 2 N–H and O–H groups in total. The van der Waals surface area contributed by atoms with Gasteiger partial charge >= 0.3 is 5.69 Å². The molecule has 1 heterocycles. The lowest BCUT2D eigenvalue weighted by Gasteiger charge is -2.24. The molecule has 0 aliphatic heterocycles. The standard InChI is InChI=1S/C24H23ClN2O2/c1-15-6-5-9-19(21(15)25)17-10-12-18(13-11-17)22-20(23(28)27-24(29)26-22)14-16-7-3-2-4-8-16/h2-10,18H,11-14H2,1H3,(H2,26,27,28,29). The Morgan fingerprint density at radius 1 is 1.03 bits per heavy atom. The van der Waals surface area contributed by atoms with Crippen LogP contribution in [0.3, 0.4) is 0 Å². The summed E-state index contributed by atoms with van der Waals surface area (Å²) in [5.41, 5.74) is 5.07. The zero-order chi connectivity index (χ0) is 20.4. The van der Waals surface area contributed by atoms with Gasteiger partial charge in [-0.15, -0.1) is 0 Å². The molecule has 0 bridgehead atoms. The fraction of sp³-hybridized carbons (Fsp3) is 0.250. The SMILES string of the molecule is Cc1cccc(C2=CCC(c3[nH]c(=O)[nH]c(=O)c3Cc3ccccc3)CC2)c1Cl. The molecule has 0 spiro atoms. The number of nitrogens with one attached hydrogen (secondary N) is 2. The third kappa shape index (κ3) is 4.13. The fourth-order valence-electron chi connectivity index (χ4n) is 4.09. The Bertz CT molecular complexity index is 1180. The van der Waals surface area contributed by atoms with Crippen LogP contribution in [0.25, 0.3) is 5.57 Å². The van der Waals surface area contributed by atoms with E-state index in [0.717, 1.165) is 46.7 Å². The van der Waals surface area contributed by atoms with Gasteiger partial charge in [0, 0.05) is 23.6 Å². The number of H-pyrrole nitrogens is 2. The maximum absolute atomic E-state index is 12.6. The summed E-state index contributed by atoms with van der Waals surface area (Å²) >= 11 is 6.50. The van der Waals surface area contributed by atoms with Gasteiger partial charge in [-0.3, -0.25) is 9.78 Å². The molecule has 2 aromatic carbocycles. The molecule has 3 aromatic rings. The number of hydrogen-bond donors (Lipinski definition) is 2. The van der Waals surface area contributed by atoms with Gasteiger partial charge < -0.3 is 4.98 Å². The van der Waals surface area contributed by atoms with Crippen molar-refractivity contribution in [1.82, 2.24) is 9.97 Å². The summed E-state index contributed by atoms with van der Waals surface area (Å²) in [4.78, 5) is 29.9. The highest BCUT2D eigenvalue weighted by Gasteiger charge is 2.23. The van der Waals surface area contributed by atoms with Gasteiger partial charge in [-0.1, -0.05) is 66.2 Å². The van der Waals surface area contributed by atoms with Crippen molar-refractivity contribution in [2.24, 2.45) is 0 Å². The van der Waals surface area contributed by atoms with Gasteiger partial charge in [-0.05, 0) is 48.4 Å². The third-order valence-corrected chi connectivity index (χ3v) is 6.16. The molecule has 1 unspecified atom stereocenters. The molecule has 148 valence electrons. The highest BCUT2D eigenvalue weighted by atomic mass is 35.5. The minimum atomic E-state index is -0.446. The topological polar surface area (TPSA) is 65.7 Å². The first-order valence-electron chi connectivity index (χ1n) is 9.86. The molecule has 5 heteroatoms. The number of benzene rings is 2. The Balaban J connectivity index is 1.66. The second-order valence-corrected chi connectivity index (χ2v) is 7.98. The maximum atomic E-state index is 12.6. The van der Waals surface area contributed by atoms with Crippen molar-refractivity contribution in [2.45, 2.75) is 38.5 Å². The van der Waals surface area contributed by atoms with Crippen LogP contribution in [0.15, 0.2) is 64.2 Å². The highest BCUT2D eigenvalue weighted by molar-refractivity contribution is 6.33. The molecule has 4 rings (SSSR count). The van der Waals surface area contributed by atoms with Gasteiger partial charge in [0.15, 0.2) is 0 Å². The lowest BCUT2D eigenvalue weighted by atomic mass is 9.82. The Morgan fingerprint density at radius 2 is 1.83 bits per heavy atom. The third-order valence-electron chi connectivity index (χ3n) is 5.66. The molecule has 1 aromatic heterocycles. The fourth-order valence-corrected chi connectivity index (χ4v) is 4.34. The number of aromatic amines is 2. The molecule has 29 heavy (non-hydrogen) atoms. The van der Waals surface area contributed by atoms with Crippen LogP contribution in [-0.2, 0) is 6.42 Å². The average molecular weight is 407 g/mol. The van der Waals surface area contributed by atoms with Crippen molar-refractivity contribution in [2.75, 3.05) is 0 Å². The lowest BCUT2D eigenvalue weighted by Crippen LogP contribution is -2.30. The smallest absolute Gasteiger partial charge is 0.311 e. The van der Waals surface area contributed by atoms with Crippen molar-refractivity contribution in [3.05, 3.63) is 108 Å². The van der Waals surface area contributed by atoms with Gasteiger partial charge in [0.1, 0.15) is 0 Å². The summed E-state index contributed by atoms with van der Waals surface area (Å²) < 4.78 is 0. The van der Waals surface area contributed by atoms with Crippen LogP contribution in [-0.4, -0.2) is 9.97 Å². The Hall–Kier alpha value is -2.85. The van der Waals surface area contributed by atoms with E-state index in [9.17, 15) is 9.59 Å². The van der Waals surface area contributed by atoms with E-state index in [0.29, 0.717) is 12.0 Å². The second-order valence-electron chi connectivity index (χ2n) is 7.60. The van der Waals surface area contributed by atoms with Crippen molar-refractivity contribution < 1.29 is 0 Å². The van der Waals surface area contributed by atoms with Gasteiger partial charge in [-0.25, -0.2) is 4.79 Å². The van der Waals surface area contributed by atoms with Gasteiger partial charge in [-0.2, -0.15) is 0 Å². The molecule has 0 saturated carbocycles. The van der Waals surface area contributed by atoms with E-state index in [1.807, 2.05) is 49.4 Å². The minimum absolute atomic E-state index is 0.107. The first-order valence-corrected chi connectivity index (χ1v) is 10.2. The van der Waals surface area contributed by atoms with Crippen molar-refractivity contribution in [3.8, 4) is 0 Å². The number of allylic oxidation sites excluding steroid dienone is 2. The molecular formula is C24H23ClN2O2. The molecule has 0 fully saturated rings. The van der Waals surface area contributed by atoms with Gasteiger partial charge in [0.2, 0.25) is 0 Å². The van der Waals surface area contributed by atoms with E-state index in [2.05, 4.69) is 22.1 Å². The first kappa shape index (κ1) is 19.5. The largest absolute Gasteiger partial charge is 0.325 e. The lowest BCUT2D eigenvalue weighted by molar-refractivity contribution is 0.596. The van der Waals surface area contributed by atoms with E-state index in [1.54, 1.807) is 0 Å². The number of rotatable bonds is 4. The predicted octanol–water partition coefficient (Wildman–Crippen LogP) is 4.97. The van der Waals surface area contributed by atoms with Crippen LogP contribution >= 0.6 is 11.6 Å².